The van der Waals surface area contributed by atoms with E-state index in [1.165, 1.54) is 50.4 Å². The van der Waals surface area contributed by atoms with Crippen molar-refractivity contribution < 1.29 is 31.1 Å². The second-order valence-corrected chi connectivity index (χ2v) is 26.5. The van der Waals surface area contributed by atoms with Gasteiger partial charge in [0.1, 0.15) is 0 Å². The van der Waals surface area contributed by atoms with Gasteiger partial charge in [0, 0.05) is 56.4 Å². The number of halogens is 4. The standard InChI is InChI=1S/C16H22N6.C12H17N.C9H21N3.C4H9N.4ClH.2Ti/c1-10-7-13(4)20(17-10)16(21-14(5)8-11(2)18-21)22-15(6)9-12(3)19-22;1-8(2)10-6-5-7-11(9(3)4)12(10)13;1-10-4-6-11(2)8-9-12(3)7-5-10;1-4(2,3)5;;;;;;/h7-9,16H,1-6H3;5-9H,1-4H3;4-9H2,1-3H3;1-3H3;4*1H;;/q;;;;;;;;2*+2/p-4. The van der Waals surface area contributed by atoms with Gasteiger partial charge in [-0.1, -0.05) is 0 Å². The predicted octanol–water partition coefficient (Wildman–Crippen LogP) is 11.0. The molecular formula is C41H69Cl4N11Ti2. The summed E-state index contributed by atoms with van der Waals surface area (Å²) in [7, 11) is 29.5. The summed E-state index contributed by atoms with van der Waals surface area (Å²) in [6, 6.07) is 12.5. The zero-order valence-electron chi connectivity index (χ0n) is 37.9. The van der Waals surface area contributed by atoms with Gasteiger partial charge in [0.05, 0.1) is 17.1 Å². The molecule has 4 aromatic rings. The van der Waals surface area contributed by atoms with Gasteiger partial charge in [-0.25, -0.2) is 14.0 Å². The molecule has 0 spiro atoms. The molecule has 0 saturated carbocycles. The molecule has 3 aromatic heterocycles. The monoisotopic (exact) mass is 951 g/mol. The number of benzene rings is 1. The van der Waals surface area contributed by atoms with E-state index in [1.807, 2.05) is 55.6 Å². The van der Waals surface area contributed by atoms with Crippen molar-refractivity contribution in [3.63, 3.8) is 0 Å². The molecule has 1 aliphatic rings. The van der Waals surface area contributed by atoms with E-state index in [0.717, 1.165) is 39.9 Å². The summed E-state index contributed by atoms with van der Waals surface area (Å²) in [5, 5.41) is 14.0. The van der Waals surface area contributed by atoms with Gasteiger partial charge < -0.3 is 14.7 Å². The largest absolute Gasteiger partial charge is 0.304 e. The van der Waals surface area contributed by atoms with Crippen LogP contribution in [0.5, 0.6) is 0 Å². The summed E-state index contributed by atoms with van der Waals surface area (Å²) in [6.45, 7) is 34.0. The van der Waals surface area contributed by atoms with Crippen LogP contribution in [-0.4, -0.2) is 110 Å². The number of rotatable bonds is 6. The number of aromatic nitrogens is 6. The molecule has 5 rings (SSSR count). The Kier molecular flexibility index (Phi) is 23.0. The van der Waals surface area contributed by atoms with Crippen molar-refractivity contribution >= 4 is 42.9 Å². The van der Waals surface area contributed by atoms with E-state index < -0.39 is 31.1 Å². The maximum atomic E-state index is 5.93. The van der Waals surface area contributed by atoms with Crippen molar-refractivity contribution in [1.29, 1.82) is 0 Å². The number of hydrogen-bond acceptors (Lipinski definition) is 8. The molecule has 58 heavy (non-hydrogen) atoms. The number of likely N-dealkylation sites (N-methyl/N-ethyl adjacent to an activating group) is 3. The molecule has 0 aliphatic carbocycles. The third-order valence-electron chi connectivity index (χ3n) is 9.34. The second kappa shape index (κ2) is 25.1. The minimum absolute atomic E-state index is 0.0428. The predicted molar refractivity (Wildman–Crippen MR) is 240 cm³/mol. The Bertz CT molecular complexity index is 1750. The number of hydrogen-bond donors (Lipinski definition) is 0. The molecule has 0 amide bonds. The molecule has 1 fully saturated rings. The molecule has 0 bridgehead atoms. The Hall–Kier alpha value is -1.08. The van der Waals surface area contributed by atoms with Crippen LogP contribution >= 0.6 is 37.2 Å². The van der Waals surface area contributed by atoms with Crippen LogP contribution < -0.4 is 0 Å². The van der Waals surface area contributed by atoms with Gasteiger partial charge in [-0.2, -0.15) is 15.3 Å². The van der Waals surface area contributed by atoms with Gasteiger partial charge in [0.25, 0.3) is 0 Å². The Balaban J connectivity index is 0.000000285. The fourth-order valence-corrected chi connectivity index (χ4v) is 10.5. The molecule has 0 unspecified atom stereocenters. The molecule has 324 valence electrons. The van der Waals surface area contributed by atoms with Crippen LogP contribution in [0.2, 0.25) is 0 Å². The zero-order valence-corrected chi connectivity index (χ0v) is 44.0. The Morgan fingerprint density at radius 2 is 0.879 bits per heavy atom. The summed E-state index contributed by atoms with van der Waals surface area (Å²) >= 11 is -4.17. The minimum atomic E-state index is -2.22. The third kappa shape index (κ3) is 18.5. The van der Waals surface area contributed by atoms with Gasteiger partial charge in [-0.15, -0.1) is 0 Å². The normalized spacial score (nSPS) is 14.4. The molecular weight excluding hydrogens is 884 g/mol. The topological polar surface area (TPSA) is 87.9 Å². The number of nitrogens with zero attached hydrogens (tertiary/aromatic N) is 11. The maximum absolute atomic E-state index is 5.93. The van der Waals surface area contributed by atoms with E-state index in [1.54, 1.807) is 0 Å². The van der Waals surface area contributed by atoms with Gasteiger partial charge in [0.15, 0.2) is 0 Å². The van der Waals surface area contributed by atoms with Gasteiger partial charge in [0.2, 0.25) is 6.29 Å². The molecule has 1 aromatic carbocycles. The van der Waals surface area contributed by atoms with E-state index in [4.69, 9.17) is 37.2 Å². The van der Waals surface area contributed by atoms with Crippen LogP contribution in [-0.2, 0) is 31.1 Å². The van der Waals surface area contributed by atoms with Crippen molar-refractivity contribution in [3.8, 4) is 0 Å². The van der Waals surface area contributed by atoms with Crippen molar-refractivity contribution in [1.82, 2.24) is 44.0 Å². The molecule has 0 radical (unpaired) electrons. The minimum Gasteiger partial charge on any atom is -0.304 e. The zero-order chi connectivity index (χ0) is 44.1. The summed E-state index contributed by atoms with van der Waals surface area (Å²) in [4.78, 5) is 7.20. The van der Waals surface area contributed by atoms with E-state index >= 15 is 0 Å². The van der Waals surface area contributed by atoms with Crippen LogP contribution in [0.3, 0.4) is 0 Å². The molecule has 0 N–H and O–H groups in total. The van der Waals surface area contributed by atoms with Crippen LogP contribution in [0.1, 0.15) is 112 Å². The molecule has 11 nitrogen and oxygen atoms in total. The average Bonchev–Trinajstić information content (AvgIpc) is 3.74. The van der Waals surface area contributed by atoms with Crippen LogP contribution in [0.15, 0.2) is 43.2 Å². The summed E-state index contributed by atoms with van der Waals surface area (Å²) in [5.41, 5.74) is 9.72. The van der Waals surface area contributed by atoms with Crippen molar-refractivity contribution in [2.24, 2.45) is 6.84 Å². The van der Waals surface area contributed by atoms with E-state index in [9.17, 15) is 0 Å². The Morgan fingerprint density at radius 3 is 1.07 bits per heavy atom. The number of aryl methyl sites for hydroxylation is 6. The van der Waals surface area contributed by atoms with E-state index in [0.29, 0.717) is 11.8 Å². The van der Waals surface area contributed by atoms with Gasteiger partial charge in [-0.3, -0.25) is 0 Å². The Labute approximate surface area is 377 Å². The summed E-state index contributed by atoms with van der Waals surface area (Å²) in [5.74, 6) is 0.895. The van der Waals surface area contributed by atoms with E-state index in [-0.39, 0.29) is 11.8 Å². The van der Waals surface area contributed by atoms with Crippen molar-refractivity contribution in [2.75, 3.05) is 60.4 Å². The fraction of sp³-hybridized carbons (Fsp3) is 0.634. The van der Waals surface area contributed by atoms with Gasteiger partial charge in [-0.05, 0) is 80.9 Å². The first kappa shape index (κ1) is 53.1. The van der Waals surface area contributed by atoms with E-state index in [2.05, 4.69) is 143 Å². The van der Waals surface area contributed by atoms with Crippen LogP contribution in [0, 0.1) is 41.5 Å². The van der Waals surface area contributed by atoms with Crippen molar-refractivity contribution in [2.45, 2.75) is 114 Å². The molecule has 4 heterocycles. The first-order valence-corrected chi connectivity index (χ1v) is 30.0. The second-order valence-electron chi connectivity index (χ2n) is 16.8. The summed E-state index contributed by atoms with van der Waals surface area (Å²) < 4.78 is 14.5. The molecule has 1 saturated heterocycles. The molecule has 17 heteroatoms. The SMILES string of the molecule is CC(C)(C)[N]=[Ti]([Cl])[Cl].CC(C)c1cccc(C(C)C)c1[N]=[Ti]([Cl])[Cl].CN1CCN(C)CCN(C)CC1.Cc1cc(C)n(C(n2nc(C)cc2C)n2nc(C)cc2C)n1. The first-order valence-electron chi connectivity index (χ1n) is 20.0. The smallest absolute Gasteiger partial charge is 0.238 e. The maximum Gasteiger partial charge on any atom is 0.238 e. The third-order valence-corrected chi connectivity index (χ3v) is 12.7. The molecule has 1 aliphatic heterocycles. The average molecular weight is 954 g/mol. The van der Waals surface area contributed by atoms with Crippen molar-refractivity contribution in [3.05, 3.63) is 81.7 Å². The first-order chi connectivity index (χ1) is 26.9. The molecule has 0 atom stereocenters. The fourth-order valence-electron chi connectivity index (χ4n) is 6.29. The van der Waals surface area contributed by atoms with Gasteiger partial charge >= 0.3 is 176 Å². The van der Waals surface area contributed by atoms with Crippen LogP contribution in [0.4, 0.5) is 5.69 Å². The Morgan fingerprint density at radius 1 is 0.569 bits per heavy atom. The van der Waals surface area contributed by atoms with Crippen LogP contribution in [0.25, 0.3) is 0 Å². The quantitative estimate of drug-likeness (QED) is 0.179. The summed E-state index contributed by atoms with van der Waals surface area (Å²) in [6.07, 6.45) is -0.226.